The Morgan fingerprint density at radius 3 is 2.26 bits per heavy atom. The number of halogens is 1. The lowest BCUT2D eigenvalue weighted by Gasteiger charge is -2.18. The Bertz CT molecular complexity index is 511. The molecule has 0 bridgehead atoms. The number of ether oxygens (including phenoxy) is 1. The number of rotatable bonds is 5. The van der Waals surface area contributed by atoms with Crippen molar-refractivity contribution in [3.05, 3.63) is 59.9 Å². The second-order valence-electron chi connectivity index (χ2n) is 4.21. The van der Waals surface area contributed by atoms with Crippen molar-refractivity contribution in [2.75, 3.05) is 19.0 Å². The summed E-state index contributed by atoms with van der Waals surface area (Å²) in [6.45, 7) is 0.428. The molecule has 0 radical (unpaired) electrons. The van der Waals surface area contributed by atoms with Crippen molar-refractivity contribution in [1.29, 1.82) is 0 Å². The van der Waals surface area contributed by atoms with Crippen LogP contribution in [-0.4, -0.2) is 13.7 Å². The van der Waals surface area contributed by atoms with Crippen molar-refractivity contribution < 1.29 is 9.13 Å². The molecule has 1 unspecified atom stereocenters. The first kappa shape index (κ1) is 13.4. The van der Waals surface area contributed by atoms with Gasteiger partial charge in [-0.2, -0.15) is 0 Å². The van der Waals surface area contributed by atoms with Gasteiger partial charge in [-0.3, -0.25) is 0 Å². The fourth-order valence-corrected chi connectivity index (χ4v) is 1.86. The van der Waals surface area contributed by atoms with Crippen molar-refractivity contribution in [2.24, 2.45) is 5.73 Å². The second kappa shape index (κ2) is 6.20. The average molecular weight is 260 g/mol. The van der Waals surface area contributed by atoms with E-state index in [0.29, 0.717) is 6.54 Å². The molecule has 0 aliphatic rings. The summed E-state index contributed by atoms with van der Waals surface area (Å²) in [5, 5.41) is 3.31. The van der Waals surface area contributed by atoms with Crippen LogP contribution in [0.1, 0.15) is 11.6 Å². The van der Waals surface area contributed by atoms with E-state index in [4.69, 9.17) is 10.5 Å². The minimum absolute atomic E-state index is 0.0472. The van der Waals surface area contributed by atoms with Gasteiger partial charge in [-0.1, -0.05) is 12.1 Å². The average Bonchev–Trinajstić information content (AvgIpc) is 2.46. The molecule has 0 heterocycles. The lowest BCUT2D eigenvalue weighted by atomic mass is 10.1. The summed E-state index contributed by atoms with van der Waals surface area (Å²) < 4.78 is 18.0. The first-order valence-electron chi connectivity index (χ1n) is 6.09. The van der Waals surface area contributed by atoms with Crippen LogP contribution in [0.2, 0.25) is 0 Å². The number of hydrogen-bond acceptors (Lipinski definition) is 3. The van der Waals surface area contributed by atoms with E-state index < -0.39 is 0 Å². The lowest BCUT2D eigenvalue weighted by molar-refractivity contribution is 0.415. The molecule has 0 saturated heterocycles. The third kappa shape index (κ3) is 3.45. The molecule has 2 rings (SSSR count). The van der Waals surface area contributed by atoms with Gasteiger partial charge in [0.15, 0.2) is 0 Å². The highest BCUT2D eigenvalue weighted by molar-refractivity contribution is 5.48. The highest BCUT2D eigenvalue weighted by Crippen LogP contribution is 2.21. The Morgan fingerprint density at radius 1 is 1.11 bits per heavy atom. The van der Waals surface area contributed by atoms with Crippen LogP contribution in [0.5, 0.6) is 5.75 Å². The summed E-state index contributed by atoms with van der Waals surface area (Å²) in [6, 6.07) is 13.9. The standard InChI is InChI=1S/C15H17FN2O/c1-19-14-8-6-13(7-9-14)18-15(10-17)11-2-4-12(16)5-3-11/h2-9,15,18H,10,17H2,1H3. The maximum Gasteiger partial charge on any atom is 0.123 e. The van der Waals surface area contributed by atoms with Gasteiger partial charge in [0.2, 0.25) is 0 Å². The first-order chi connectivity index (χ1) is 9.22. The maximum atomic E-state index is 12.9. The number of anilines is 1. The van der Waals surface area contributed by atoms with Crippen molar-refractivity contribution in [3.63, 3.8) is 0 Å². The number of benzene rings is 2. The van der Waals surface area contributed by atoms with E-state index in [0.717, 1.165) is 17.0 Å². The van der Waals surface area contributed by atoms with Gasteiger partial charge in [0.1, 0.15) is 11.6 Å². The summed E-state index contributed by atoms with van der Waals surface area (Å²) in [5.74, 6) is 0.556. The van der Waals surface area contributed by atoms with E-state index in [1.165, 1.54) is 12.1 Å². The minimum Gasteiger partial charge on any atom is -0.497 e. The second-order valence-corrected chi connectivity index (χ2v) is 4.21. The maximum absolute atomic E-state index is 12.9. The molecule has 0 fully saturated rings. The molecule has 19 heavy (non-hydrogen) atoms. The van der Waals surface area contributed by atoms with Crippen LogP contribution in [0.15, 0.2) is 48.5 Å². The van der Waals surface area contributed by atoms with Gasteiger partial charge in [-0.05, 0) is 42.0 Å². The number of nitrogens with one attached hydrogen (secondary N) is 1. The fourth-order valence-electron chi connectivity index (χ4n) is 1.86. The van der Waals surface area contributed by atoms with Gasteiger partial charge in [-0.15, -0.1) is 0 Å². The molecule has 2 aromatic carbocycles. The van der Waals surface area contributed by atoms with Crippen LogP contribution < -0.4 is 15.8 Å². The van der Waals surface area contributed by atoms with Gasteiger partial charge in [0.25, 0.3) is 0 Å². The van der Waals surface area contributed by atoms with E-state index in [2.05, 4.69) is 5.32 Å². The van der Waals surface area contributed by atoms with Gasteiger partial charge in [0.05, 0.1) is 13.2 Å². The van der Waals surface area contributed by atoms with E-state index in [1.54, 1.807) is 19.2 Å². The first-order valence-corrected chi connectivity index (χ1v) is 6.09. The zero-order valence-electron chi connectivity index (χ0n) is 10.8. The summed E-state index contributed by atoms with van der Waals surface area (Å²) in [6.07, 6.45) is 0. The fraction of sp³-hybridized carbons (Fsp3) is 0.200. The largest absolute Gasteiger partial charge is 0.497 e. The number of methoxy groups -OCH3 is 1. The van der Waals surface area contributed by atoms with Crippen LogP contribution in [0.25, 0.3) is 0 Å². The summed E-state index contributed by atoms with van der Waals surface area (Å²) in [4.78, 5) is 0. The number of hydrogen-bond donors (Lipinski definition) is 2. The molecule has 0 aliphatic heterocycles. The normalized spacial score (nSPS) is 11.9. The quantitative estimate of drug-likeness (QED) is 0.869. The molecule has 1 atom stereocenters. The Morgan fingerprint density at radius 2 is 1.74 bits per heavy atom. The third-order valence-electron chi connectivity index (χ3n) is 2.94. The highest BCUT2D eigenvalue weighted by Gasteiger charge is 2.09. The van der Waals surface area contributed by atoms with Crippen molar-refractivity contribution in [2.45, 2.75) is 6.04 Å². The SMILES string of the molecule is COc1ccc(NC(CN)c2ccc(F)cc2)cc1. The van der Waals surface area contributed by atoms with E-state index in [-0.39, 0.29) is 11.9 Å². The molecule has 0 amide bonds. The van der Waals surface area contributed by atoms with Crippen molar-refractivity contribution >= 4 is 5.69 Å². The zero-order chi connectivity index (χ0) is 13.7. The monoisotopic (exact) mass is 260 g/mol. The Labute approximate surface area is 112 Å². The molecule has 3 nitrogen and oxygen atoms in total. The van der Waals surface area contributed by atoms with Gasteiger partial charge in [0, 0.05) is 12.2 Å². The summed E-state index contributed by atoms with van der Waals surface area (Å²) in [7, 11) is 1.63. The van der Waals surface area contributed by atoms with Crippen LogP contribution in [-0.2, 0) is 0 Å². The van der Waals surface area contributed by atoms with Crippen LogP contribution in [0.4, 0.5) is 10.1 Å². The third-order valence-corrected chi connectivity index (χ3v) is 2.94. The molecule has 4 heteroatoms. The van der Waals surface area contributed by atoms with Gasteiger partial charge >= 0.3 is 0 Å². The smallest absolute Gasteiger partial charge is 0.123 e. The van der Waals surface area contributed by atoms with Crippen LogP contribution in [0.3, 0.4) is 0 Å². The Hall–Kier alpha value is -2.07. The molecule has 2 aromatic rings. The highest BCUT2D eigenvalue weighted by atomic mass is 19.1. The molecule has 100 valence electrons. The Kier molecular flexibility index (Phi) is 4.36. The lowest BCUT2D eigenvalue weighted by Crippen LogP contribution is -2.20. The topological polar surface area (TPSA) is 47.3 Å². The summed E-state index contributed by atoms with van der Waals surface area (Å²) >= 11 is 0. The minimum atomic E-state index is -0.246. The van der Waals surface area contributed by atoms with Crippen molar-refractivity contribution in [3.8, 4) is 5.75 Å². The predicted molar refractivity (Wildman–Crippen MR) is 74.8 cm³/mol. The molecule has 0 saturated carbocycles. The number of nitrogens with two attached hydrogens (primary N) is 1. The zero-order valence-corrected chi connectivity index (χ0v) is 10.8. The molecular formula is C15H17FN2O. The van der Waals surface area contributed by atoms with Crippen LogP contribution in [0, 0.1) is 5.82 Å². The molecule has 0 spiro atoms. The molecular weight excluding hydrogens is 243 g/mol. The van der Waals surface area contributed by atoms with Gasteiger partial charge < -0.3 is 15.8 Å². The van der Waals surface area contributed by atoms with Gasteiger partial charge in [-0.25, -0.2) is 4.39 Å². The van der Waals surface area contributed by atoms with E-state index in [1.807, 2.05) is 24.3 Å². The summed E-state index contributed by atoms with van der Waals surface area (Å²) in [5.41, 5.74) is 7.67. The van der Waals surface area contributed by atoms with E-state index in [9.17, 15) is 4.39 Å². The molecule has 0 aromatic heterocycles. The van der Waals surface area contributed by atoms with Crippen LogP contribution >= 0.6 is 0 Å². The molecule has 0 aliphatic carbocycles. The molecule has 3 N–H and O–H groups in total. The Balaban J connectivity index is 2.11. The van der Waals surface area contributed by atoms with Crippen molar-refractivity contribution in [1.82, 2.24) is 0 Å². The van der Waals surface area contributed by atoms with E-state index >= 15 is 0 Å². The predicted octanol–water partition coefficient (Wildman–Crippen LogP) is 2.95.